The molecule has 2 amide bonds. The smallest absolute Gasteiger partial charge is 0.326 e. The first-order valence-corrected chi connectivity index (χ1v) is 10.4. The Morgan fingerprint density at radius 3 is 2.43 bits per heavy atom. The Labute approximate surface area is 167 Å². The van der Waals surface area contributed by atoms with Crippen LogP contribution in [0.15, 0.2) is 29.6 Å². The summed E-state index contributed by atoms with van der Waals surface area (Å²) in [6.07, 6.45) is 3.40. The molecule has 2 unspecified atom stereocenters. The monoisotopic (exact) mass is 398 g/mol. The van der Waals surface area contributed by atoms with Crippen LogP contribution in [-0.4, -0.2) is 34.2 Å². The van der Waals surface area contributed by atoms with Crippen LogP contribution in [0.1, 0.15) is 36.9 Å². The van der Waals surface area contributed by atoms with Crippen LogP contribution >= 0.6 is 11.3 Å². The fourth-order valence-electron chi connectivity index (χ4n) is 3.92. The Morgan fingerprint density at radius 2 is 1.79 bits per heavy atom. The molecule has 7 heteroatoms. The van der Waals surface area contributed by atoms with E-state index in [2.05, 4.69) is 4.98 Å². The highest BCUT2D eigenvalue weighted by atomic mass is 32.1. The molecule has 1 aromatic heterocycles. The van der Waals surface area contributed by atoms with Gasteiger partial charge in [0.05, 0.1) is 17.5 Å². The van der Waals surface area contributed by atoms with Crippen molar-refractivity contribution in [3.8, 4) is 10.6 Å². The number of fused-ring (bicyclic) bond motifs is 1. The summed E-state index contributed by atoms with van der Waals surface area (Å²) in [6.45, 7) is 1.76. The molecule has 28 heavy (non-hydrogen) atoms. The van der Waals surface area contributed by atoms with Crippen LogP contribution in [0.3, 0.4) is 0 Å². The van der Waals surface area contributed by atoms with Gasteiger partial charge in [0.1, 0.15) is 18.2 Å². The van der Waals surface area contributed by atoms with Gasteiger partial charge in [-0.2, -0.15) is 0 Å². The molecule has 0 bridgehead atoms. The fourth-order valence-corrected chi connectivity index (χ4v) is 4.73. The number of aryl methyl sites for hydroxylation is 1. The number of rotatable bonds is 5. The van der Waals surface area contributed by atoms with E-state index in [0.29, 0.717) is 5.69 Å². The number of imide groups is 1. The van der Waals surface area contributed by atoms with E-state index in [1.165, 1.54) is 16.9 Å². The number of benzene rings is 1. The molecule has 4 rings (SSSR count). The molecule has 1 aliphatic heterocycles. The lowest BCUT2D eigenvalue weighted by Gasteiger charge is -2.19. The average Bonchev–Trinajstić information content (AvgIpc) is 3.27. The van der Waals surface area contributed by atoms with Gasteiger partial charge in [0, 0.05) is 10.9 Å². The van der Waals surface area contributed by atoms with E-state index in [1.807, 2.05) is 36.6 Å². The number of amides is 2. The lowest BCUT2D eigenvalue weighted by atomic mass is 9.81. The maximum atomic E-state index is 12.4. The second-order valence-corrected chi connectivity index (χ2v) is 8.29. The lowest BCUT2D eigenvalue weighted by Crippen LogP contribution is -2.36. The van der Waals surface area contributed by atoms with E-state index in [1.54, 1.807) is 0 Å². The van der Waals surface area contributed by atoms with E-state index in [9.17, 15) is 14.4 Å². The van der Waals surface area contributed by atoms with E-state index in [-0.39, 0.29) is 36.8 Å². The molecule has 0 N–H and O–H groups in total. The number of nitrogens with zero attached hydrogens (tertiary/aromatic N) is 2. The third-order valence-electron chi connectivity index (χ3n) is 5.45. The van der Waals surface area contributed by atoms with Crippen LogP contribution in [0.5, 0.6) is 0 Å². The summed E-state index contributed by atoms with van der Waals surface area (Å²) in [6, 6.07) is 8.07. The normalized spacial score (nSPS) is 21.7. The van der Waals surface area contributed by atoms with Crippen molar-refractivity contribution in [3.63, 3.8) is 0 Å². The van der Waals surface area contributed by atoms with Crippen LogP contribution in [0.2, 0.25) is 0 Å². The summed E-state index contributed by atoms with van der Waals surface area (Å²) >= 11 is 1.49. The second kappa shape index (κ2) is 7.83. The zero-order valence-electron chi connectivity index (χ0n) is 15.7. The summed E-state index contributed by atoms with van der Waals surface area (Å²) in [4.78, 5) is 42.6. The molecular weight excluding hydrogens is 376 g/mol. The van der Waals surface area contributed by atoms with E-state index >= 15 is 0 Å². The SMILES string of the molecule is Cc1ccc(-c2nc(COC(=O)CN3C(=O)C4CCCCC4C3=O)cs2)cc1. The highest BCUT2D eigenvalue weighted by Gasteiger charge is 2.48. The van der Waals surface area contributed by atoms with Crippen LogP contribution in [0, 0.1) is 18.8 Å². The second-order valence-electron chi connectivity index (χ2n) is 7.43. The zero-order chi connectivity index (χ0) is 19.7. The van der Waals surface area contributed by atoms with Gasteiger partial charge in [0.25, 0.3) is 0 Å². The van der Waals surface area contributed by atoms with Crippen molar-refractivity contribution in [2.75, 3.05) is 6.54 Å². The quantitative estimate of drug-likeness (QED) is 0.570. The van der Waals surface area contributed by atoms with Crippen LogP contribution in [0.4, 0.5) is 0 Å². The molecule has 146 valence electrons. The first-order chi connectivity index (χ1) is 13.5. The summed E-state index contributed by atoms with van der Waals surface area (Å²) in [5, 5.41) is 2.71. The minimum atomic E-state index is -0.578. The largest absolute Gasteiger partial charge is 0.458 e. The molecule has 1 aromatic carbocycles. The highest BCUT2D eigenvalue weighted by molar-refractivity contribution is 7.13. The first kappa shape index (κ1) is 18.8. The molecule has 2 aliphatic rings. The third-order valence-corrected chi connectivity index (χ3v) is 6.39. The van der Waals surface area contributed by atoms with Gasteiger partial charge >= 0.3 is 5.97 Å². The maximum absolute atomic E-state index is 12.4. The summed E-state index contributed by atoms with van der Waals surface area (Å²) in [5.74, 6) is -1.51. The number of hydrogen-bond donors (Lipinski definition) is 0. The number of carbonyl (C=O) groups is 3. The standard InChI is InChI=1S/C21H22N2O4S/c1-13-6-8-14(9-7-13)19-22-15(12-28-19)11-27-18(24)10-23-20(25)16-4-2-3-5-17(16)21(23)26/h6-9,12,16-17H,2-5,10-11H2,1H3. The number of carbonyl (C=O) groups excluding carboxylic acids is 3. The maximum Gasteiger partial charge on any atom is 0.326 e. The van der Waals surface area contributed by atoms with Gasteiger partial charge in [-0.05, 0) is 19.8 Å². The van der Waals surface area contributed by atoms with Crippen molar-refractivity contribution >= 4 is 29.1 Å². The zero-order valence-corrected chi connectivity index (χ0v) is 16.5. The number of likely N-dealkylation sites (tertiary alicyclic amines) is 1. The van der Waals surface area contributed by atoms with Crippen molar-refractivity contribution in [1.29, 1.82) is 0 Å². The summed E-state index contributed by atoms with van der Waals surface area (Å²) in [7, 11) is 0. The molecule has 1 saturated heterocycles. The molecule has 2 atom stereocenters. The minimum absolute atomic E-state index is 0.0320. The molecule has 2 aromatic rings. The van der Waals surface area contributed by atoms with Crippen molar-refractivity contribution in [3.05, 3.63) is 40.9 Å². The molecule has 0 radical (unpaired) electrons. The van der Waals surface area contributed by atoms with Gasteiger partial charge in [-0.1, -0.05) is 42.7 Å². The van der Waals surface area contributed by atoms with Gasteiger partial charge in [0.15, 0.2) is 0 Å². The average molecular weight is 398 g/mol. The number of thiazole rings is 1. The third kappa shape index (κ3) is 3.71. The molecule has 6 nitrogen and oxygen atoms in total. The Bertz CT molecular complexity index is 881. The number of esters is 1. The van der Waals surface area contributed by atoms with E-state index in [4.69, 9.17) is 4.74 Å². The van der Waals surface area contributed by atoms with E-state index < -0.39 is 5.97 Å². The number of ether oxygens (including phenoxy) is 1. The van der Waals surface area contributed by atoms with Gasteiger partial charge < -0.3 is 4.74 Å². The molecule has 2 fully saturated rings. The van der Waals surface area contributed by atoms with Gasteiger partial charge in [-0.15, -0.1) is 11.3 Å². The topological polar surface area (TPSA) is 76.6 Å². The van der Waals surface area contributed by atoms with Crippen LogP contribution in [-0.2, 0) is 25.7 Å². The predicted octanol–water partition coefficient (Wildman–Crippen LogP) is 3.34. The van der Waals surface area contributed by atoms with Gasteiger partial charge in [-0.3, -0.25) is 19.3 Å². The Kier molecular flexibility index (Phi) is 5.26. The Balaban J connectivity index is 1.33. The van der Waals surface area contributed by atoms with Crippen molar-refractivity contribution < 1.29 is 19.1 Å². The van der Waals surface area contributed by atoms with E-state index in [0.717, 1.165) is 41.2 Å². The highest BCUT2D eigenvalue weighted by Crippen LogP contribution is 2.37. The fraction of sp³-hybridized carbons (Fsp3) is 0.429. The Morgan fingerprint density at radius 1 is 1.14 bits per heavy atom. The summed E-state index contributed by atoms with van der Waals surface area (Å²) < 4.78 is 5.27. The molecule has 1 aliphatic carbocycles. The first-order valence-electron chi connectivity index (χ1n) is 9.55. The number of hydrogen-bond acceptors (Lipinski definition) is 6. The Hall–Kier alpha value is -2.54. The van der Waals surface area contributed by atoms with Gasteiger partial charge in [0.2, 0.25) is 11.8 Å². The molecule has 2 heterocycles. The van der Waals surface area contributed by atoms with Crippen molar-refractivity contribution in [2.45, 2.75) is 39.2 Å². The molecular formula is C21H22N2O4S. The van der Waals surface area contributed by atoms with Gasteiger partial charge in [-0.25, -0.2) is 4.98 Å². The molecule has 0 spiro atoms. The minimum Gasteiger partial charge on any atom is -0.458 e. The lowest BCUT2D eigenvalue weighted by molar-refractivity contribution is -0.153. The van der Waals surface area contributed by atoms with Crippen LogP contribution < -0.4 is 0 Å². The summed E-state index contributed by atoms with van der Waals surface area (Å²) in [5.41, 5.74) is 2.85. The molecule has 1 saturated carbocycles. The van der Waals surface area contributed by atoms with Crippen molar-refractivity contribution in [2.24, 2.45) is 11.8 Å². The number of aromatic nitrogens is 1. The van der Waals surface area contributed by atoms with Crippen LogP contribution in [0.25, 0.3) is 10.6 Å². The predicted molar refractivity (Wildman–Crippen MR) is 104 cm³/mol. The van der Waals surface area contributed by atoms with Crippen molar-refractivity contribution in [1.82, 2.24) is 9.88 Å².